The van der Waals surface area contributed by atoms with Gasteiger partial charge >= 0.3 is 6.03 Å². The van der Waals surface area contributed by atoms with E-state index in [0.29, 0.717) is 23.2 Å². The number of aromatic amines is 1. The molecule has 2 amide bonds. The van der Waals surface area contributed by atoms with Gasteiger partial charge in [0, 0.05) is 11.8 Å². The van der Waals surface area contributed by atoms with E-state index in [4.69, 9.17) is 4.74 Å². The molecule has 0 saturated carbocycles. The summed E-state index contributed by atoms with van der Waals surface area (Å²) in [6.45, 7) is 4.10. The second-order valence-electron chi connectivity index (χ2n) is 4.64. The molecule has 2 rings (SSSR count). The zero-order valence-electron chi connectivity index (χ0n) is 11.7. The highest BCUT2D eigenvalue weighted by molar-refractivity contribution is 6.00. The van der Waals surface area contributed by atoms with E-state index in [9.17, 15) is 4.79 Å². The Hall–Kier alpha value is -2.50. The second kappa shape index (κ2) is 6.10. The van der Waals surface area contributed by atoms with E-state index in [0.717, 1.165) is 5.69 Å². The summed E-state index contributed by atoms with van der Waals surface area (Å²) in [7, 11) is 1.56. The van der Waals surface area contributed by atoms with Crippen LogP contribution in [0.15, 0.2) is 30.3 Å². The second-order valence-corrected chi connectivity index (χ2v) is 4.64. The van der Waals surface area contributed by atoms with Crippen molar-refractivity contribution in [2.24, 2.45) is 0 Å². The number of nitrogens with one attached hydrogen (secondary N) is 3. The number of amides is 2. The van der Waals surface area contributed by atoms with Gasteiger partial charge in [0.1, 0.15) is 5.75 Å². The van der Waals surface area contributed by atoms with Crippen molar-refractivity contribution in [2.75, 3.05) is 17.7 Å². The molecular weight excluding hydrogens is 256 g/mol. The maximum atomic E-state index is 11.9. The number of benzene rings is 1. The number of urea groups is 1. The van der Waals surface area contributed by atoms with Gasteiger partial charge in [-0.3, -0.25) is 10.4 Å². The Morgan fingerprint density at radius 3 is 2.70 bits per heavy atom. The Kier molecular flexibility index (Phi) is 4.24. The average molecular weight is 274 g/mol. The van der Waals surface area contributed by atoms with Crippen LogP contribution in [0.3, 0.4) is 0 Å². The Bertz CT molecular complexity index is 592. The minimum atomic E-state index is -0.365. The molecule has 0 fully saturated rings. The van der Waals surface area contributed by atoms with E-state index in [1.54, 1.807) is 19.2 Å². The molecule has 0 aliphatic heterocycles. The summed E-state index contributed by atoms with van der Waals surface area (Å²) >= 11 is 0. The Labute approximate surface area is 117 Å². The van der Waals surface area contributed by atoms with Gasteiger partial charge in [0.2, 0.25) is 0 Å². The zero-order valence-corrected chi connectivity index (χ0v) is 11.7. The molecule has 0 bridgehead atoms. The molecule has 6 heteroatoms. The molecule has 0 aliphatic carbocycles. The summed E-state index contributed by atoms with van der Waals surface area (Å²) in [4.78, 5) is 11.9. The molecule has 0 unspecified atom stereocenters. The minimum Gasteiger partial charge on any atom is -0.495 e. The number of aromatic nitrogens is 2. The van der Waals surface area contributed by atoms with Crippen LogP contribution in [0.5, 0.6) is 5.75 Å². The number of rotatable bonds is 4. The first-order valence-corrected chi connectivity index (χ1v) is 6.36. The minimum absolute atomic E-state index is 0.329. The third-order valence-corrected chi connectivity index (χ3v) is 2.82. The van der Waals surface area contributed by atoms with Crippen LogP contribution in [-0.4, -0.2) is 23.3 Å². The number of para-hydroxylation sites is 2. The lowest BCUT2D eigenvalue weighted by Crippen LogP contribution is -2.20. The van der Waals surface area contributed by atoms with E-state index in [1.807, 2.05) is 32.0 Å². The Morgan fingerprint density at radius 2 is 2.05 bits per heavy atom. The molecule has 0 aliphatic rings. The van der Waals surface area contributed by atoms with Gasteiger partial charge < -0.3 is 10.1 Å². The predicted octanol–water partition coefficient (Wildman–Crippen LogP) is 3.19. The highest BCUT2D eigenvalue weighted by Gasteiger charge is 2.10. The van der Waals surface area contributed by atoms with Gasteiger partial charge in [0.25, 0.3) is 0 Å². The molecule has 0 atom stereocenters. The molecule has 1 heterocycles. The topological polar surface area (TPSA) is 79.0 Å². The van der Waals surface area contributed by atoms with Crippen LogP contribution >= 0.6 is 0 Å². The Morgan fingerprint density at radius 1 is 1.30 bits per heavy atom. The number of H-pyrrole nitrogens is 1. The molecule has 106 valence electrons. The maximum absolute atomic E-state index is 11.9. The molecule has 1 aromatic carbocycles. The average Bonchev–Trinajstić information content (AvgIpc) is 2.88. The molecule has 0 radical (unpaired) electrons. The largest absolute Gasteiger partial charge is 0.495 e. The van der Waals surface area contributed by atoms with Crippen LogP contribution in [0.25, 0.3) is 0 Å². The van der Waals surface area contributed by atoms with Crippen molar-refractivity contribution >= 4 is 17.5 Å². The molecule has 6 nitrogen and oxygen atoms in total. The van der Waals surface area contributed by atoms with Crippen molar-refractivity contribution in [3.05, 3.63) is 36.0 Å². The van der Waals surface area contributed by atoms with Crippen molar-refractivity contribution in [2.45, 2.75) is 19.8 Å². The molecule has 2 aromatic rings. The van der Waals surface area contributed by atoms with Crippen LogP contribution in [0, 0.1) is 0 Å². The third kappa shape index (κ3) is 3.28. The molecule has 0 saturated heterocycles. The quantitative estimate of drug-likeness (QED) is 0.801. The fraction of sp³-hybridized carbons (Fsp3) is 0.286. The van der Waals surface area contributed by atoms with Crippen molar-refractivity contribution in [1.29, 1.82) is 0 Å². The number of hydrogen-bond acceptors (Lipinski definition) is 3. The predicted molar refractivity (Wildman–Crippen MR) is 78.3 cm³/mol. The van der Waals surface area contributed by atoms with Crippen LogP contribution in [0.4, 0.5) is 16.3 Å². The van der Waals surface area contributed by atoms with Crippen molar-refractivity contribution in [3.8, 4) is 5.75 Å². The number of carbonyl (C=O) groups is 1. The monoisotopic (exact) mass is 274 g/mol. The normalized spacial score (nSPS) is 10.4. The summed E-state index contributed by atoms with van der Waals surface area (Å²) in [6.07, 6.45) is 0. The van der Waals surface area contributed by atoms with E-state index in [2.05, 4.69) is 20.8 Å². The lowest BCUT2D eigenvalue weighted by atomic mass is 10.1. The number of anilines is 2. The van der Waals surface area contributed by atoms with Crippen LogP contribution in [-0.2, 0) is 0 Å². The highest BCUT2D eigenvalue weighted by Crippen LogP contribution is 2.23. The van der Waals surface area contributed by atoms with Crippen LogP contribution in [0.2, 0.25) is 0 Å². The van der Waals surface area contributed by atoms with E-state index in [-0.39, 0.29) is 6.03 Å². The lowest BCUT2D eigenvalue weighted by Gasteiger charge is -2.09. The number of carbonyl (C=O) groups excluding carboxylic acids is 1. The van der Waals surface area contributed by atoms with Crippen molar-refractivity contribution < 1.29 is 9.53 Å². The summed E-state index contributed by atoms with van der Waals surface area (Å²) in [5.74, 6) is 1.42. The molecule has 0 spiro atoms. The smallest absolute Gasteiger partial charge is 0.325 e. The number of nitrogens with zero attached hydrogens (tertiary/aromatic N) is 1. The fourth-order valence-corrected chi connectivity index (χ4v) is 1.71. The summed E-state index contributed by atoms with van der Waals surface area (Å²) in [5, 5.41) is 12.3. The fourth-order valence-electron chi connectivity index (χ4n) is 1.71. The standard InChI is InChI=1S/C14H18N4O2/c1-9(2)11-8-13(18-17-11)16-14(19)15-10-6-4-5-7-12(10)20-3/h4-9H,1-3H3,(H3,15,16,17,18,19). The highest BCUT2D eigenvalue weighted by atomic mass is 16.5. The maximum Gasteiger partial charge on any atom is 0.325 e. The first kappa shape index (κ1) is 13.9. The third-order valence-electron chi connectivity index (χ3n) is 2.82. The Balaban J connectivity index is 2.01. The van der Waals surface area contributed by atoms with Gasteiger partial charge in [-0.05, 0) is 18.1 Å². The summed E-state index contributed by atoms with van der Waals surface area (Å²) in [5.41, 5.74) is 1.57. The number of hydrogen-bond donors (Lipinski definition) is 3. The molecule has 3 N–H and O–H groups in total. The van der Waals surface area contributed by atoms with Crippen molar-refractivity contribution in [3.63, 3.8) is 0 Å². The number of methoxy groups -OCH3 is 1. The first-order chi connectivity index (χ1) is 9.60. The molecule has 20 heavy (non-hydrogen) atoms. The summed E-state index contributed by atoms with van der Waals surface area (Å²) < 4.78 is 5.17. The first-order valence-electron chi connectivity index (χ1n) is 6.36. The molecular formula is C14H18N4O2. The van der Waals surface area contributed by atoms with E-state index in [1.165, 1.54) is 0 Å². The van der Waals surface area contributed by atoms with Crippen LogP contribution < -0.4 is 15.4 Å². The van der Waals surface area contributed by atoms with Crippen molar-refractivity contribution in [1.82, 2.24) is 10.2 Å². The van der Waals surface area contributed by atoms with Gasteiger partial charge in [0.15, 0.2) is 5.82 Å². The van der Waals surface area contributed by atoms with Gasteiger partial charge in [-0.15, -0.1) is 0 Å². The van der Waals surface area contributed by atoms with E-state index >= 15 is 0 Å². The van der Waals surface area contributed by atoms with Crippen LogP contribution in [0.1, 0.15) is 25.5 Å². The molecule has 1 aromatic heterocycles. The lowest BCUT2D eigenvalue weighted by molar-refractivity contribution is 0.262. The van der Waals surface area contributed by atoms with Gasteiger partial charge in [-0.2, -0.15) is 5.10 Å². The van der Waals surface area contributed by atoms with Gasteiger partial charge in [-0.1, -0.05) is 26.0 Å². The van der Waals surface area contributed by atoms with Gasteiger partial charge in [-0.25, -0.2) is 4.79 Å². The zero-order chi connectivity index (χ0) is 14.5. The van der Waals surface area contributed by atoms with E-state index < -0.39 is 0 Å². The number of ether oxygens (including phenoxy) is 1. The summed E-state index contributed by atoms with van der Waals surface area (Å²) in [6, 6.07) is 8.65. The van der Waals surface area contributed by atoms with Gasteiger partial charge in [0.05, 0.1) is 12.8 Å². The SMILES string of the molecule is COc1ccccc1NC(=O)Nc1cc(C(C)C)[nH]n1.